The first kappa shape index (κ1) is 19.0. The number of thioether (sulfide) groups is 1. The predicted octanol–water partition coefficient (Wildman–Crippen LogP) is 0.605. The summed E-state index contributed by atoms with van der Waals surface area (Å²) < 4.78 is 5.08. The number of amides is 1. The molecule has 7 nitrogen and oxygen atoms in total. The molecule has 0 saturated carbocycles. The topological polar surface area (TPSA) is 78.5 Å². The summed E-state index contributed by atoms with van der Waals surface area (Å²) in [6.45, 7) is 6.90. The SMILES string of the molecule is CCCc1cc(=O)[nH]c(SCC(=O)N2CCN(CCOC)CC2)n1. The van der Waals surface area contributed by atoms with Gasteiger partial charge >= 0.3 is 0 Å². The minimum Gasteiger partial charge on any atom is -0.383 e. The largest absolute Gasteiger partial charge is 0.383 e. The van der Waals surface area contributed by atoms with E-state index in [0.717, 1.165) is 57.9 Å². The number of nitrogens with one attached hydrogen (secondary N) is 1. The molecule has 0 aromatic carbocycles. The Morgan fingerprint density at radius 3 is 2.79 bits per heavy atom. The molecule has 1 aliphatic heterocycles. The fourth-order valence-corrected chi connectivity index (χ4v) is 3.40. The summed E-state index contributed by atoms with van der Waals surface area (Å²) in [6.07, 6.45) is 1.71. The second-order valence-corrected chi connectivity index (χ2v) is 6.76. The molecule has 0 bridgehead atoms. The predicted molar refractivity (Wildman–Crippen MR) is 94.5 cm³/mol. The zero-order chi connectivity index (χ0) is 17.4. The van der Waals surface area contributed by atoms with Crippen molar-refractivity contribution in [2.75, 3.05) is 52.2 Å². The molecule has 2 heterocycles. The summed E-state index contributed by atoms with van der Waals surface area (Å²) in [5, 5.41) is 0.526. The van der Waals surface area contributed by atoms with Crippen LogP contribution in [0.2, 0.25) is 0 Å². The van der Waals surface area contributed by atoms with Crippen molar-refractivity contribution in [2.45, 2.75) is 24.9 Å². The van der Waals surface area contributed by atoms with Crippen LogP contribution in [0.4, 0.5) is 0 Å². The van der Waals surface area contributed by atoms with Crippen LogP contribution in [0, 0.1) is 0 Å². The Kier molecular flexibility index (Phi) is 7.74. The highest BCUT2D eigenvalue weighted by Gasteiger charge is 2.21. The highest BCUT2D eigenvalue weighted by Crippen LogP contribution is 2.14. The smallest absolute Gasteiger partial charge is 0.251 e. The van der Waals surface area contributed by atoms with Gasteiger partial charge in [0.15, 0.2) is 5.16 Å². The van der Waals surface area contributed by atoms with Crippen molar-refractivity contribution in [3.8, 4) is 0 Å². The third-order valence-corrected chi connectivity index (χ3v) is 4.81. The van der Waals surface area contributed by atoms with E-state index in [0.29, 0.717) is 10.9 Å². The number of hydrogen-bond donors (Lipinski definition) is 1. The van der Waals surface area contributed by atoms with E-state index in [2.05, 4.69) is 14.9 Å². The first-order valence-corrected chi connectivity index (χ1v) is 9.33. The maximum Gasteiger partial charge on any atom is 0.251 e. The molecule has 0 aliphatic carbocycles. The van der Waals surface area contributed by atoms with Crippen LogP contribution < -0.4 is 5.56 Å². The number of aromatic nitrogens is 2. The molecule has 1 saturated heterocycles. The van der Waals surface area contributed by atoms with Gasteiger partial charge in [0, 0.05) is 51.6 Å². The van der Waals surface area contributed by atoms with Gasteiger partial charge in [0.2, 0.25) is 5.91 Å². The van der Waals surface area contributed by atoms with E-state index in [1.165, 1.54) is 17.8 Å². The van der Waals surface area contributed by atoms with E-state index in [1.54, 1.807) is 7.11 Å². The number of methoxy groups -OCH3 is 1. The van der Waals surface area contributed by atoms with Crippen LogP contribution in [0.3, 0.4) is 0 Å². The van der Waals surface area contributed by atoms with E-state index < -0.39 is 0 Å². The second kappa shape index (κ2) is 9.80. The van der Waals surface area contributed by atoms with Gasteiger partial charge < -0.3 is 14.6 Å². The summed E-state index contributed by atoms with van der Waals surface area (Å²) in [4.78, 5) is 35.2. The van der Waals surface area contributed by atoms with Gasteiger partial charge in [-0.3, -0.25) is 14.5 Å². The number of aromatic amines is 1. The Morgan fingerprint density at radius 2 is 2.12 bits per heavy atom. The van der Waals surface area contributed by atoms with Crippen molar-refractivity contribution < 1.29 is 9.53 Å². The van der Waals surface area contributed by atoms with Gasteiger partial charge in [0.1, 0.15) is 0 Å². The number of aryl methyl sites for hydroxylation is 1. The minimum atomic E-state index is -0.157. The van der Waals surface area contributed by atoms with Crippen LogP contribution in [-0.2, 0) is 16.0 Å². The molecule has 1 N–H and O–H groups in total. The van der Waals surface area contributed by atoms with Crippen molar-refractivity contribution in [3.05, 3.63) is 22.1 Å². The number of piperazine rings is 1. The number of hydrogen-bond acceptors (Lipinski definition) is 6. The average molecular weight is 354 g/mol. The van der Waals surface area contributed by atoms with Crippen molar-refractivity contribution in [3.63, 3.8) is 0 Å². The van der Waals surface area contributed by atoms with Crippen LogP contribution in [0.15, 0.2) is 16.0 Å². The normalized spacial score (nSPS) is 15.7. The lowest BCUT2D eigenvalue weighted by Gasteiger charge is -2.34. The van der Waals surface area contributed by atoms with Gasteiger partial charge in [-0.1, -0.05) is 25.1 Å². The first-order valence-electron chi connectivity index (χ1n) is 8.34. The average Bonchev–Trinajstić information content (AvgIpc) is 2.58. The zero-order valence-electron chi connectivity index (χ0n) is 14.4. The maximum atomic E-state index is 12.3. The van der Waals surface area contributed by atoms with E-state index in [4.69, 9.17) is 4.74 Å². The van der Waals surface area contributed by atoms with Crippen molar-refractivity contribution in [1.82, 2.24) is 19.8 Å². The molecule has 1 aromatic rings. The van der Waals surface area contributed by atoms with Crippen molar-refractivity contribution in [1.29, 1.82) is 0 Å². The Hall–Kier alpha value is -1.38. The lowest BCUT2D eigenvalue weighted by atomic mass is 10.2. The molecule has 2 rings (SSSR count). The van der Waals surface area contributed by atoms with Gasteiger partial charge in [-0.2, -0.15) is 0 Å². The third kappa shape index (κ3) is 5.92. The summed E-state index contributed by atoms with van der Waals surface area (Å²) >= 11 is 1.30. The molecule has 1 amide bonds. The highest BCUT2D eigenvalue weighted by atomic mass is 32.2. The van der Waals surface area contributed by atoms with Crippen molar-refractivity contribution in [2.24, 2.45) is 0 Å². The Morgan fingerprint density at radius 1 is 1.38 bits per heavy atom. The van der Waals surface area contributed by atoms with E-state index >= 15 is 0 Å². The molecule has 0 spiro atoms. The number of ether oxygens (including phenoxy) is 1. The van der Waals surface area contributed by atoms with E-state index in [9.17, 15) is 9.59 Å². The number of H-pyrrole nitrogens is 1. The molecule has 24 heavy (non-hydrogen) atoms. The zero-order valence-corrected chi connectivity index (χ0v) is 15.2. The molecular weight excluding hydrogens is 328 g/mol. The highest BCUT2D eigenvalue weighted by molar-refractivity contribution is 7.99. The van der Waals surface area contributed by atoms with E-state index in [-0.39, 0.29) is 11.5 Å². The number of carbonyl (C=O) groups is 1. The molecule has 1 fully saturated rings. The van der Waals surface area contributed by atoms with Crippen LogP contribution in [0.25, 0.3) is 0 Å². The molecular formula is C16H26N4O3S. The summed E-state index contributed by atoms with van der Waals surface area (Å²) in [5.74, 6) is 0.395. The standard InChI is InChI=1S/C16H26N4O3S/c1-3-4-13-11-14(21)18-16(17-13)24-12-15(22)20-7-5-19(6-8-20)9-10-23-2/h11H,3-10,12H2,1-2H3,(H,17,18,21). The number of carbonyl (C=O) groups excluding carboxylic acids is 1. The Labute approximate surface area is 146 Å². The maximum absolute atomic E-state index is 12.3. The molecule has 0 unspecified atom stereocenters. The Bertz CT molecular complexity index is 585. The van der Waals surface area contributed by atoms with Crippen LogP contribution in [0.5, 0.6) is 0 Å². The summed E-state index contributed by atoms with van der Waals surface area (Å²) in [5.41, 5.74) is 0.623. The fraction of sp³-hybridized carbons (Fsp3) is 0.688. The minimum absolute atomic E-state index is 0.0925. The fourth-order valence-electron chi connectivity index (χ4n) is 2.60. The van der Waals surface area contributed by atoms with Gasteiger partial charge in [-0.05, 0) is 6.42 Å². The molecule has 1 aromatic heterocycles. The van der Waals surface area contributed by atoms with Crippen molar-refractivity contribution >= 4 is 17.7 Å². The summed E-state index contributed by atoms with van der Waals surface area (Å²) in [7, 11) is 1.70. The molecule has 0 atom stereocenters. The monoisotopic (exact) mass is 354 g/mol. The van der Waals surface area contributed by atoms with Gasteiger partial charge in [0.05, 0.1) is 12.4 Å². The molecule has 134 valence electrons. The lowest BCUT2D eigenvalue weighted by Crippen LogP contribution is -2.49. The lowest BCUT2D eigenvalue weighted by molar-refractivity contribution is -0.130. The summed E-state index contributed by atoms with van der Waals surface area (Å²) in [6, 6.07) is 1.52. The van der Waals surface area contributed by atoms with Crippen LogP contribution >= 0.6 is 11.8 Å². The quantitative estimate of drug-likeness (QED) is 0.544. The van der Waals surface area contributed by atoms with E-state index in [1.807, 2.05) is 11.8 Å². The van der Waals surface area contributed by atoms with Crippen LogP contribution in [-0.4, -0.2) is 77.9 Å². The van der Waals surface area contributed by atoms with Crippen LogP contribution in [0.1, 0.15) is 19.0 Å². The second-order valence-electron chi connectivity index (χ2n) is 5.80. The van der Waals surface area contributed by atoms with Gasteiger partial charge in [0.25, 0.3) is 5.56 Å². The third-order valence-electron chi connectivity index (χ3n) is 3.95. The molecule has 8 heteroatoms. The number of rotatable bonds is 8. The number of nitrogens with zero attached hydrogens (tertiary/aromatic N) is 3. The Balaban J connectivity index is 1.80. The molecule has 1 aliphatic rings. The van der Waals surface area contributed by atoms with Gasteiger partial charge in [-0.25, -0.2) is 4.98 Å². The first-order chi connectivity index (χ1) is 11.6. The van der Waals surface area contributed by atoms with Gasteiger partial charge in [-0.15, -0.1) is 0 Å². The molecule has 0 radical (unpaired) electrons.